The number of hydrogen-bond acceptors (Lipinski definition) is 4. The van der Waals surface area contributed by atoms with Gasteiger partial charge < -0.3 is 20.3 Å². The van der Waals surface area contributed by atoms with Crippen molar-refractivity contribution in [2.45, 2.75) is 20.5 Å². The van der Waals surface area contributed by atoms with E-state index in [0.29, 0.717) is 17.8 Å². The lowest BCUT2D eigenvalue weighted by molar-refractivity contribution is -0.0498. The Bertz CT molecular complexity index is 809. The molecule has 6 nitrogen and oxygen atoms in total. The van der Waals surface area contributed by atoms with E-state index in [0.717, 1.165) is 19.6 Å². The van der Waals surface area contributed by atoms with Crippen LogP contribution in [0, 0.1) is 0 Å². The van der Waals surface area contributed by atoms with E-state index in [1.54, 1.807) is 24.3 Å². The molecule has 0 aliphatic rings. The third kappa shape index (κ3) is 7.15. The van der Waals surface area contributed by atoms with Crippen molar-refractivity contribution in [2.24, 2.45) is 0 Å². The molecule has 0 atom stereocenters. The van der Waals surface area contributed by atoms with Crippen LogP contribution in [0.2, 0.25) is 0 Å². The summed E-state index contributed by atoms with van der Waals surface area (Å²) in [4.78, 5) is 26.7. The largest absolute Gasteiger partial charge is 0.435 e. The summed E-state index contributed by atoms with van der Waals surface area (Å²) in [6, 6.07) is 12.0. The first-order chi connectivity index (χ1) is 13.9. The molecule has 2 amide bonds. The number of carbonyl (C=O) groups excluding carboxylic acids is 2. The molecule has 0 unspecified atom stereocenters. The highest BCUT2D eigenvalue weighted by atomic mass is 19.3. The minimum Gasteiger partial charge on any atom is -0.435 e. The van der Waals surface area contributed by atoms with E-state index in [1.807, 2.05) is 0 Å². The minimum atomic E-state index is -2.96. The normalized spacial score (nSPS) is 10.8. The van der Waals surface area contributed by atoms with Crippen molar-refractivity contribution in [3.8, 4) is 5.75 Å². The number of hydrogen-bond donors (Lipinski definition) is 2. The maximum Gasteiger partial charge on any atom is 0.387 e. The highest BCUT2D eigenvalue weighted by Gasteiger charge is 2.11. The van der Waals surface area contributed by atoms with Crippen molar-refractivity contribution in [1.82, 2.24) is 10.2 Å². The summed E-state index contributed by atoms with van der Waals surface area (Å²) in [6.07, 6.45) is 0. The van der Waals surface area contributed by atoms with Gasteiger partial charge in [0.05, 0.1) is 0 Å². The molecule has 0 bridgehead atoms. The number of amides is 2. The Kier molecular flexibility index (Phi) is 8.54. The summed E-state index contributed by atoms with van der Waals surface area (Å²) in [5, 5.41) is 5.52. The lowest BCUT2D eigenvalue weighted by Crippen LogP contribution is -2.34. The van der Waals surface area contributed by atoms with Gasteiger partial charge in [0.25, 0.3) is 11.8 Å². The Morgan fingerprint density at radius 2 is 1.69 bits per heavy atom. The second-order valence-electron chi connectivity index (χ2n) is 6.22. The van der Waals surface area contributed by atoms with Crippen LogP contribution in [0.15, 0.2) is 48.5 Å². The molecule has 0 aliphatic heterocycles. The van der Waals surface area contributed by atoms with Crippen molar-refractivity contribution in [2.75, 3.05) is 31.5 Å². The highest BCUT2D eigenvalue weighted by Crippen LogP contribution is 2.17. The van der Waals surface area contributed by atoms with E-state index in [1.165, 1.54) is 24.3 Å². The van der Waals surface area contributed by atoms with Crippen LogP contribution in [0.5, 0.6) is 5.75 Å². The highest BCUT2D eigenvalue weighted by molar-refractivity contribution is 6.04. The molecule has 2 N–H and O–H groups in total. The van der Waals surface area contributed by atoms with Crippen molar-refractivity contribution in [3.63, 3.8) is 0 Å². The zero-order chi connectivity index (χ0) is 21.2. The monoisotopic (exact) mass is 405 g/mol. The van der Waals surface area contributed by atoms with Crippen molar-refractivity contribution < 1.29 is 23.1 Å². The van der Waals surface area contributed by atoms with Crippen LogP contribution in [0.3, 0.4) is 0 Å². The average molecular weight is 405 g/mol. The van der Waals surface area contributed by atoms with Gasteiger partial charge in [0, 0.05) is 29.9 Å². The molecular formula is C21H25F2N3O3. The summed E-state index contributed by atoms with van der Waals surface area (Å²) in [6.45, 7) is 4.37. The van der Waals surface area contributed by atoms with Gasteiger partial charge in [0.1, 0.15) is 5.75 Å². The molecule has 0 spiro atoms. The first-order valence-electron chi connectivity index (χ1n) is 9.39. The van der Waals surface area contributed by atoms with Gasteiger partial charge >= 0.3 is 6.61 Å². The minimum absolute atomic E-state index is 0.0932. The summed E-state index contributed by atoms with van der Waals surface area (Å²) in [5.41, 5.74) is 1.14. The molecule has 0 saturated heterocycles. The topological polar surface area (TPSA) is 70.7 Å². The Morgan fingerprint density at radius 1 is 1.00 bits per heavy atom. The second-order valence-corrected chi connectivity index (χ2v) is 6.22. The van der Waals surface area contributed by atoms with Gasteiger partial charge in [0.2, 0.25) is 0 Å². The van der Waals surface area contributed by atoms with Crippen molar-refractivity contribution in [1.29, 1.82) is 0 Å². The van der Waals surface area contributed by atoms with Crippen LogP contribution in [0.4, 0.5) is 14.5 Å². The Labute approximate surface area is 168 Å². The summed E-state index contributed by atoms with van der Waals surface area (Å²) < 4.78 is 28.9. The molecule has 156 valence electrons. The molecule has 2 aromatic carbocycles. The van der Waals surface area contributed by atoms with Gasteiger partial charge in [-0.25, -0.2) is 0 Å². The van der Waals surface area contributed by atoms with Crippen LogP contribution < -0.4 is 15.4 Å². The fourth-order valence-electron chi connectivity index (χ4n) is 2.69. The van der Waals surface area contributed by atoms with Crippen molar-refractivity contribution in [3.05, 3.63) is 59.7 Å². The number of likely N-dealkylation sites (N-methyl/N-ethyl adjacent to an activating group) is 1. The third-order valence-corrected chi connectivity index (χ3v) is 4.33. The van der Waals surface area contributed by atoms with E-state index in [9.17, 15) is 18.4 Å². The van der Waals surface area contributed by atoms with Crippen LogP contribution in [-0.4, -0.2) is 49.5 Å². The van der Waals surface area contributed by atoms with Gasteiger partial charge in [0.15, 0.2) is 0 Å². The van der Waals surface area contributed by atoms with Gasteiger partial charge in [-0.3, -0.25) is 9.59 Å². The molecule has 0 radical (unpaired) electrons. The lowest BCUT2D eigenvalue weighted by Gasteiger charge is -2.18. The van der Waals surface area contributed by atoms with E-state index in [2.05, 4.69) is 34.1 Å². The Balaban J connectivity index is 1.91. The molecule has 2 rings (SSSR count). The number of rotatable bonds is 10. The van der Waals surface area contributed by atoms with Gasteiger partial charge in [-0.15, -0.1) is 0 Å². The quantitative estimate of drug-likeness (QED) is 0.634. The number of benzene rings is 2. The standard InChI is InChI=1S/C21H25F2N3O3/c1-3-26(4-2)13-12-24-19(27)15-8-10-17(11-9-15)25-20(28)16-6-5-7-18(14-16)29-21(22)23/h5-11,14,21H,3-4,12-13H2,1-2H3,(H,24,27)(H,25,28). The number of anilines is 1. The molecule has 0 saturated carbocycles. The fraction of sp³-hybridized carbons (Fsp3) is 0.333. The lowest BCUT2D eigenvalue weighted by atomic mass is 10.1. The molecule has 8 heteroatoms. The van der Waals surface area contributed by atoms with Crippen LogP contribution in [-0.2, 0) is 0 Å². The third-order valence-electron chi connectivity index (χ3n) is 4.33. The Hall–Kier alpha value is -3.00. The van der Waals surface area contributed by atoms with Crippen LogP contribution in [0.25, 0.3) is 0 Å². The SMILES string of the molecule is CCN(CC)CCNC(=O)c1ccc(NC(=O)c2cccc(OC(F)F)c2)cc1. The number of halogens is 2. The molecule has 0 heterocycles. The fourth-order valence-corrected chi connectivity index (χ4v) is 2.69. The number of nitrogens with zero attached hydrogens (tertiary/aromatic N) is 1. The molecular weight excluding hydrogens is 380 g/mol. The van der Waals surface area contributed by atoms with E-state index < -0.39 is 12.5 Å². The number of carbonyl (C=O) groups is 2. The molecule has 0 aromatic heterocycles. The number of alkyl halides is 2. The molecule has 0 fully saturated rings. The molecule has 29 heavy (non-hydrogen) atoms. The number of nitrogens with one attached hydrogen (secondary N) is 2. The predicted molar refractivity (Wildman–Crippen MR) is 108 cm³/mol. The smallest absolute Gasteiger partial charge is 0.387 e. The van der Waals surface area contributed by atoms with Gasteiger partial charge in [-0.05, 0) is 55.6 Å². The first kappa shape index (κ1) is 22.3. The summed E-state index contributed by atoms with van der Waals surface area (Å²) in [5.74, 6) is -0.752. The zero-order valence-corrected chi connectivity index (χ0v) is 16.5. The Morgan fingerprint density at radius 3 is 2.31 bits per heavy atom. The molecule has 2 aromatic rings. The maximum absolute atomic E-state index is 12.3. The van der Waals surface area contributed by atoms with Crippen LogP contribution in [0.1, 0.15) is 34.6 Å². The van der Waals surface area contributed by atoms with Crippen molar-refractivity contribution >= 4 is 17.5 Å². The summed E-state index contributed by atoms with van der Waals surface area (Å²) in [7, 11) is 0. The second kappa shape index (κ2) is 11.1. The van der Waals surface area contributed by atoms with E-state index in [-0.39, 0.29) is 17.2 Å². The predicted octanol–water partition coefficient (Wildman–Crippen LogP) is 3.61. The average Bonchev–Trinajstić information content (AvgIpc) is 2.71. The number of ether oxygens (including phenoxy) is 1. The van der Waals surface area contributed by atoms with E-state index >= 15 is 0 Å². The first-order valence-corrected chi connectivity index (χ1v) is 9.39. The maximum atomic E-state index is 12.3. The van der Waals surface area contributed by atoms with Gasteiger partial charge in [-0.2, -0.15) is 8.78 Å². The molecule has 0 aliphatic carbocycles. The summed E-state index contributed by atoms with van der Waals surface area (Å²) >= 11 is 0. The van der Waals surface area contributed by atoms with Gasteiger partial charge in [-0.1, -0.05) is 19.9 Å². The zero-order valence-electron chi connectivity index (χ0n) is 16.5. The van der Waals surface area contributed by atoms with E-state index in [4.69, 9.17) is 0 Å². The van der Waals surface area contributed by atoms with Crippen LogP contribution >= 0.6 is 0 Å².